The summed E-state index contributed by atoms with van der Waals surface area (Å²) in [6, 6.07) is 66.8. The highest BCUT2D eigenvalue weighted by Crippen LogP contribution is 2.44. The van der Waals surface area contributed by atoms with Crippen LogP contribution in [0.1, 0.15) is 0 Å². The standard InChI is InChI=1S/C46H31NO/c1-3-12-32(13-4-1)33-24-28-36(29-25-33)47(43-21-11-23-45-46(43)42-16-7-8-22-44(42)48-45)37-30-26-35(27-31-37)39-18-10-19-40-38(17-9-20-41(39)40)34-14-5-2-6-15-34/h1-31H. The number of anilines is 3. The van der Waals surface area contributed by atoms with Gasteiger partial charge in [0.05, 0.1) is 11.1 Å². The second-order valence-electron chi connectivity index (χ2n) is 12.1. The van der Waals surface area contributed by atoms with E-state index in [0.29, 0.717) is 0 Å². The molecule has 0 aliphatic carbocycles. The van der Waals surface area contributed by atoms with Gasteiger partial charge in [-0.05, 0) is 86.6 Å². The molecule has 0 amide bonds. The summed E-state index contributed by atoms with van der Waals surface area (Å²) in [6.07, 6.45) is 0. The van der Waals surface area contributed by atoms with Crippen molar-refractivity contribution in [1.82, 2.24) is 0 Å². The van der Waals surface area contributed by atoms with Gasteiger partial charge in [-0.25, -0.2) is 0 Å². The van der Waals surface area contributed by atoms with E-state index in [1.165, 1.54) is 44.2 Å². The van der Waals surface area contributed by atoms with Gasteiger partial charge < -0.3 is 9.32 Å². The number of nitrogens with zero attached hydrogens (tertiary/aromatic N) is 1. The topological polar surface area (TPSA) is 16.4 Å². The first-order chi connectivity index (χ1) is 23.8. The van der Waals surface area contributed by atoms with Gasteiger partial charge in [0.2, 0.25) is 0 Å². The van der Waals surface area contributed by atoms with E-state index in [-0.39, 0.29) is 0 Å². The summed E-state index contributed by atoms with van der Waals surface area (Å²) < 4.78 is 6.32. The van der Waals surface area contributed by atoms with E-state index in [4.69, 9.17) is 4.42 Å². The molecule has 1 heterocycles. The largest absolute Gasteiger partial charge is 0.456 e. The van der Waals surface area contributed by atoms with E-state index >= 15 is 0 Å². The Hall–Kier alpha value is -6.38. The lowest BCUT2D eigenvalue weighted by atomic mass is 9.93. The predicted octanol–water partition coefficient (Wildman–Crippen LogP) is 13.2. The van der Waals surface area contributed by atoms with Gasteiger partial charge in [0.15, 0.2) is 0 Å². The molecule has 0 N–H and O–H groups in total. The van der Waals surface area contributed by atoms with Gasteiger partial charge >= 0.3 is 0 Å². The molecule has 0 fully saturated rings. The SMILES string of the molecule is c1ccc(-c2ccc(N(c3ccc(-c4cccc5c(-c6ccccc6)cccc45)cc3)c3cccc4oc5ccccc5c34)cc2)cc1. The summed E-state index contributed by atoms with van der Waals surface area (Å²) in [5.74, 6) is 0. The summed E-state index contributed by atoms with van der Waals surface area (Å²) in [7, 11) is 0. The molecule has 0 spiro atoms. The van der Waals surface area contributed by atoms with Crippen molar-refractivity contribution in [2.24, 2.45) is 0 Å². The lowest BCUT2D eigenvalue weighted by molar-refractivity contribution is 0.669. The fourth-order valence-corrected chi connectivity index (χ4v) is 7.02. The highest BCUT2D eigenvalue weighted by Gasteiger charge is 2.20. The monoisotopic (exact) mass is 613 g/mol. The van der Waals surface area contributed by atoms with Gasteiger partial charge in [-0.15, -0.1) is 0 Å². The molecular weight excluding hydrogens is 583 g/mol. The van der Waals surface area contributed by atoms with E-state index in [9.17, 15) is 0 Å². The van der Waals surface area contributed by atoms with E-state index in [1.54, 1.807) is 0 Å². The van der Waals surface area contributed by atoms with Crippen molar-refractivity contribution in [2.45, 2.75) is 0 Å². The Bertz CT molecular complexity index is 2530. The zero-order valence-electron chi connectivity index (χ0n) is 26.3. The first kappa shape index (κ1) is 27.9. The Labute approximate surface area is 279 Å². The molecule has 0 bridgehead atoms. The zero-order chi connectivity index (χ0) is 31.9. The first-order valence-electron chi connectivity index (χ1n) is 16.4. The summed E-state index contributed by atoms with van der Waals surface area (Å²) in [6.45, 7) is 0. The van der Waals surface area contributed by atoms with E-state index in [2.05, 4.69) is 181 Å². The van der Waals surface area contributed by atoms with E-state index in [0.717, 1.165) is 39.0 Å². The molecule has 8 aromatic carbocycles. The number of furan rings is 1. The summed E-state index contributed by atoms with van der Waals surface area (Å²) in [5.41, 5.74) is 12.3. The molecular formula is C46H31NO. The number of para-hydroxylation sites is 1. The van der Waals surface area contributed by atoms with Crippen LogP contribution in [0.25, 0.3) is 66.1 Å². The number of hydrogen-bond acceptors (Lipinski definition) is 2. The van der Waals surface area contributed by atoms with Crippen LogP contribution in [-0.4, -0.2) is 0 Å². The maximum absolute atomic E-state index is 6.32. The van der Waals surface area contributed by atoms with Gasteiger partial charge in [0.1, 0.15) is 11.2 Å². The van der Waals surface area contributed by atoms with Gasteiger partial charge in [-0.2, -0.15) is 0 Å². The Morgan fingerprint density at radius 1 is 0.312 bits per heavy atom. The van der Waals surface area contributed by atoms with Crippen LogP contribution >= 0.6 is 0 Å². The van der Waals surface area contributed by atoms with Gasteiger partial charge in [0, 0.05) is 16.8 Å². The maximum atomic E-state index is 6.32. The van der Waals surface area contributed by atoms with Crippen LogP contribution in [-0.2, 0) is 0 Å². The highest BCUT2D eigenvalue weighted by atomic mass is 16.3. The van der Waals surface area contributed by atoms with Crippen LogP contribution in [0, 0.1) is 0 Å². The van der Waals surface area contributed by atoms with Crippen molar-refractivity contribution < 1.29 is 4.42 Å². The minimum Gasteiger partial charge on any atom is -0.456 e. The normalized spacial score (nSPS) is 11.3. The molecule has 9 aromatic rings. The quantitative estimate of drug-likeness (QED) is 0.185. The van der Waals surface area contributed by atoms with E-state index in [1.807, 2.05) is 12.1 Å². The third kappa shape index (κ3) is 4.83. The molecule has 0 atom stereocenters. The molecule has 2 heteroatoms. The van der Waals surface area contributed by atoms with Crippen molar-refractivity contribution in [3.8, 4) is 33.4 Å². The molecule has 0 unspecified atom stereocenters. The Kier molecular flexibility index (Phi) is 6.84. The van der Waals surface area contributed by atoms with Crippen molar-refractivity contribution in [2.75, 3.05) is 4.90 Å². The molecule has 2 nitrogen and oxygen atoms in total. The predicted molar refractivity (Wildman–Crippen MR) is 202 cm³/mol. The van der Waals surface area contributed by atoms with Gasteiger partial charge in [-0.1, -0.05) is 146 Å². The number of hydrogen-bond donors (Lipinski definition) is 0. The first-order valence-corrected chi connectivity index (χ1v) is 16.4. The molecule has 1 aromatic heterocycles. The zero-order valence-corrected chi connectivity index (χ0v) is 26.3. The molecule has 9 rings (SSSR count). The lowest BCUT2D eigenvalue weighted by Crippen LogP contribution is -2.10. The summed E-state index contributed by atoms with van der Waals surface area (Å²) in [5, 5.41) is 4.71. The average molecular weight is 614 g/mol. The summed E-state index contributed by atoms with van der Waals surface area (Å²) in [4.78, 5) is 2.35. The van der Waals surface area contributed by atoms with Crippen molar-refractivity contribution in [3.05, 3.63) is 188 Å². The van der Waals surface area contributed by atoms with Crippen LogP contribution in [0.5, 0.6) is 0 Å². The van der Waals surface area contributed by atoms with Crippen molar-refractivity contribution in [1.29, 1.82) is 0 Å². The van der Waals surface area contributed by atoms with Gasteiger partial charge in [0.25, 0.3) is 0 Å². The van der Waals surface area contributed by atoms with Crippen LogP contribution in [0.15, 0.2) is 192 Å². The molecule has 0 radical (unpaired) electrons. The third-order valence-electron chi connectivity index (χ3n) is 9.30. The average Bonchev–Trinajstić information content (AvgIpc) is 3.55. The molecule has 226 valence electrons. The smallest absolute Gasteiger partial charge is 0.137 e. The summed E-state index contributed by atoms with van der Waals surface area (Å²) >= 11 is 0. The third-order valence-corrected chi connectivity index (χ3v) is 9.30. The molecule has 0 aliphatic heterocycles. The fourth-order valence-electron chi connectivity index (χ4n) is 7.02. The minimum atomic E-state index is 0.876. The minimum absolute atomic E-state index is 0.876. The van der Waals surface area contributed by atoms with Crippen molar-refractivity contribution in [3.63, 3.8) is 0 Å². The maximum Gasteiger partial charge on any atom is 0.137 e. The van der Waals surface area contributed by atoms with Crippen LogP contribution in [0.3, 0.4) is 0 Å². The number of fused-ring (bicyclic) bond motifs is 4. The van der Waals surface area contributed by atoms with Crippen molar-refractivity contribution >= 4 is 49.8 Å². The number of rotatable bonds is 6. The second-order valence-corrected chi connectivity index (χ2v) is 12.1. The lowest BCUT2D eigenvalue weighted by Gasteiger charge is -2.26. The molecule has 0 aliphatic rings. The van der Waals surface area contributed by atoms with E-state index < -0.39 is 0 Å². The molecule has 48 heavy (non-hydrogen) atoms. The second kappa shape index (κ2) is 11.8. The van der Waals surface area contributed by atoms with Crippen LogP contribution in [0.2, 0.25) is 0 Å². The van der Waals surface area contributed by atoms with Crippen LogP contribution < -0.4 is 4.90 Å². The number of benzene rings is 8. The molecule has 0 saturated heterocycles. The fraction of sp³-hybridized carbons (Fsp3) is 0. The highest BCUT2D eigenvalue weighted by molar-refractivity contribution is 6.13. The Morgan fingerprint density at radius 3 is 1.42 bits per heavy atom. The Morgan fingerprint density at radius 2 is 0.771 bits per heavy atom. The van der Waals surface area contributed by atoms with Gasteiger partial charge in [-0.3, -0.25) is 0 Å². The molecule has 0 saturated carbocycles. The Balaban J connectivity index is 1.18. The van der Waals surface area contributed by atoms with Crippen LogP contribution in [0.4, 0.5) is 17.1 Å².